The van der Waals surface area contributed by atoms with Gasteiger partial charge in [-0.1, -0.05) is 35.0 Å². The third-order valence-corrected chi connectivity index (χ3v) is 3.31. The summed E-state index contributed by atoms with van der Waals surface area (Å²) in [5.41, 5.74) is 1.76. The Morgan fingerprint density at radius 1 is 1.57 bits per heavy atom. The number of phenolic OH excluding ortho intramolecular Hbond substituents is 1. The third-order valence-electron chi connectivity index (χ3n) is 2.13. The molecule has 1 atom stereocenters. The lowest BCUT2D eigenvalue weighted by Gasteiger charge is -2.09. The van der Waals surface area contributed by atoms with Gasteiger partial charge in [0.25, 0.3) is 0 Å². The molecule has 76 valence electrons. The fourth-order valence-corrected chi connectivity index (χ4v) is 1.57. The van der Waals surface area contributed by atoms with E-state index in [1.54, 1.807) is 12.1 Å². The van der Waals surface area contributed by atoms with Crippen LogP contribution >= 0.6 is 15.9 Å². The van der Waals surface area contributed by atoms with E-state index < -0.39 is 0 Å². The second-order valence-corrected chi connectivity index (χ2v) is 4.13. The molecule has 0 aromatic heterocycles. The van der Waals surface area contributed by atoms with E-state index in [9.17, 15) is 9.90 Å². The average Bonchev–Trinajstić information content (AvgIpc) is 2.17. The van der Waals surface area contributed by atoms with Gasteiger partial charge in [0, 0.05) is 0 Å². The number of benzene rings is 1. The Labute approximate surface area is 92.1 Å². The summed E-state index contributed by atoms with van der Waals surface area (Å²) in [6.07, 6.45) is 0.761. The Balaban J connectivity index is 3.06. The largest absolute Gasteiger partial charge is 0.508 e. The Kier molecular flexibility index (Phi) is 3.69. The summed E-state index contributed by atoms with van der Waals surface area (Å²) in [5.74, 6) is 0.359. The van der Waals surface area contributed by atoms with Crippen LogP contribution in [0.2, 0.25) is 0 Å². The lowest BCUT2D eigenvalue weighted by molar-refractivity contribution is -0.116. The van der Waals surface area contributed by atoms with Gasteiger partial charge >= 0.3 is 0 Å². The van der Waals surface area contributed by atoms with Crippen molar-refractivity contribution in [3.8, 4) is 5.75 Å². The molecule has 0 aliphatic carbocycles. The van der Waals surface area contributed by atoms with Crippen LogP contribution in [-0.2, 0) is 11.2 Å². The van der Waals surface area contributed by atoms with Crippen LogP contribution in [-0.4, -0.2) is 10.9 Å². The standard InChI is InChI=1S/C11H13BrO2/c1-3-8-6-9(4-5-10(8)14)11(12)7(2)13/h4-6,11,14H,3H2,1-2H3. The van der Waals surface area contributed by atoms with Gasteiger partial charge in [0.15, 0.2) is 0 Å². The first kappa shape index (κ1) is 11.2. The monoisotopic (exact) mass is 256 g/mol. The van der Waals surface area contributed by atoms with E-state index in [2.05, 4.69) is 15.9 Å². The van der Waals surface area contributed by atoms with E-state index in [1.807, 2.05) is 13.0 Å². The highest BCUT2D eigenvalue weighted by Gasteiger charge is 2.13. The zero-order chi connectivity index (χ0) is 10.7. The molecule has 3 heteroatoms. The van der Waals surface area contributed by atoms with Crippen LogP contribution in [0.25, 0.3) is 0 Å². The van der Waals surface area contributed by atoms with Crippen LogP contribution in [0.3, 0.4) is 0 Å². The molecule has 0 saturated carbocycles. The molecule has 0 amide bonds. The number of ketones is 1. The number of aromatic hydroxyl groups is 1. The quantitative estimate of drug-likeness (QED) is 0.845. The Bertz CT molecular complexity index is 347. The number of Topliss-reactive ketones (excluding diaryl/α,β-unsaturated/α-hetero) is 1. The zero-order valence-corrected chi connectivity index (χ0v) is 9.84. The number of halogens is 1. The molecule has 0 fully saturated rings. The lowest BCUT2D eigenvalue weighted by atomic mass is 10.0. The molecule has 1 aromatic rings. The van der Waals surface area contributed by atoms with Crippen LogP contribution in [0, 0.1) is 0 Å². The van der Waals surface area contributed by atoms with Crippen molar-refractivity contribution in [3.63, 3.8) is 0 Å². The summed E-state index contributed by atoms with van der Waals surface area (Å²) in [4.78, 5) is 10.8. The van der Waals surface area contributed by atoms with E-state index in [0.29, 0.717) is 5.75 Å². The van der Waals surface area contributed by atoms with Crippen LogP contribution in [0.5, 0.6) is 5.75 Å². The summed E-state index contributed by atoms with van der Waals surface area (Å²) >= 11 is 3.31. The molecule has 0 bridgehead atoms. The maximum atomic E-state index is 11.1. The topological polar surface area (TPSA) is 37.3 Å². The van der Waals surface area contributed by atoms with E-state index in [4.69, 9.17) is 0 Å². The van der Waals surface area contributed by atoms with Gasteiger partial charge in [-0.15, -0.1) is 0 Å². The SMILES string of the molecule is CCc1cc(C(Br)C(C)=O)ccc1O. The number of rotatable bonds is 3. The van der Waals surface area contributed by atoms with Crippen molar-refractivity contribution in [1.82, 2.24) is 0 Å². The van der Waals surface area contributed by atoms with Crippen molar-refractivity contribution in [3.05, 3.63) is 29.3 Å². The second kappa shape index (κ2) is 4.60. The van der Waals surface area contributed by atoms with Gasteiger partial charge in [-0.3, -0.25) is 4.79 Å². The molecular weight excluding hydrogens is 244 g/mol. The average molecular weight is 257 g/mol. The highest BCUT2D eigenvalue weighted by Crippen LogP contribution is 2.28. The van der Waals surface area contributed by atoms with E-state index in [0.717, 1.165) is 17.5 Å². The number of phenols is 1. The van der Waals surface area contributed by atoms with Crippen LogP contribution < -0.4 is 0 Å². The Hall–Kier alpha value is -0.830. The fourth-order valence-electron chi connectivity index (χ4n) is 1.28. The molecule has 0 heterocycles. The summed E-state index contributed by atoms with van der Waals surface area (Å²) in [6, 6.07) is 5.25. The summed E-state index contributed by atoms with van der Waals surface area (Å²) in [6.45, 7) is 3.51. The predicted molar refractivity (Wildman–Crippen MR) is 59.8 cm³/mol. The van der Waals surface area contributed by atoms with E-state index >= 15 is 0 Å². The molecule has 0 saturated heterocycles. The summed E-state index contributed by atoms with van der Waals surface area (Å²) < 4.78 is 0. The van der Waals surface area contributed by atoms with Gasteiger partial charge in [0.2, 0.25) is 0 Å². The van der Waals surface area contributed by atoms with E-state index in [1.165, 1.54) is 6.92 Å². The zero-order valence-electron chi connectivity index (χ0n) is 8.25. The van der Waals surface area contributed by atoms with Gasteiger partial charge in [-0.25, -0.2) is 0 Å². The molecule has 14 heavy (non-hydrogen) atoms. The predicted octanol–water partition coefficient (Wildman–Crippen LogP) is 2.98. The van der Waals surface area contributed by atoms with Crippen molar-refractivity contribution in [2.45, 2.75) is 25.1 Å². The number of hydrogen-bond donors (Lipinski definition) is 1. The van der Waals surface area contributed by atoms with Crippen LogP contribution in [0.15, 0.2) is 18.2 Å². The number of hydrogen-bond acceptors (Lipinski definition) is 2. The number of carbonyl (C=O) groups is 1. The number of aryl methyl sites for hydroxylation is 1. The number of carbonyl (C=O) groups excluding carboxylic acids is 1. The highest BCUT2D eigenvalue weighted by atomic mass is 79.9. The molecule has 0 radical (unpaired) electrons. The Morgan fingerprint density at radius 3 is 2.71 bits per heavy atom. The number of alkyl halides is 1. The Morgan fingerprint density at radius 2 is 2.21 bits per heavy atom. The van der Waals surface area contributed by atoms with Gasteiger partial charge in [0.1, 0.15) is 11.5 Å². The molecular formula is C11H13BrO2. The van der Waals surface area contributed by atoms with Gasteiger partial charge in [-0.2, -0.15) is 0 Å². The van der Waals surface area contributed by atoms with Crippen LogP contribution in [0.4, 0.5) is 0 Å². The smallest absolute Gasteiger partial charge is 0.147 e. The van der Waals surface area contributed by atoms with Crippen LogP contribution in [0.1, 0.15) is 29.8 Å². The molecule has 0 spiro atoms. The van der Waals surface area contributed by atoms with Crippen molar-refractivity contribution < 1.29 is 9.90 Å². The minimum Gasteiger partial charge on any atom is -0.508 e. The summed E-state index contributed by atoms with van der Waals surface area (Å²) in [7, 11) is 0. The van der Waals surface area contributed by atoms with Crippen molar-refractivity contribution in [2.24, 2.45) is 0 Å². The highest BCUT2D eigenvalue weighted by molar-refractivity contribution is 9.09. The molecule has 1 aromatic carbocycles. The normalized spacial score (nSPS) is 12.5. The molecule has 1 N–H and O–H groups in total. The minimum atomic E-state index is -0.270. The first-order valence-electron chi connectivity index (χ1n) is 4.52. The second-order valence-electron chi connectivity index (χ2n) is 3.21. The van der Waals surface area contributed by atoms with E-state index in [-0.39, 0.29) is 10.6 Å². The maximum Gasteiger partial charge on any atom is 0.147 e. The van der Waals surface area contributed by atoms with Crippen molar-refractivity contribution >= 4 is 21.7 Å². The molecule has 1 rings (SSSR count). The van der Waals surface area contributed by atoms with Gasteiger partial charge in [0.05, 0.1) is 4.83 Å². The minimum absolute atomic E-state index is 0.0674. The lowest BCUT2D eigenvalue weighted by Crippen LogP contribution is -2.01. The van der Waals surface area contributed by atoms with Crippen molar-refractivity contribution in [1.29, 1.82) is 0 Å². The first-order chi connectivity index (χ1) is 6.56. The first-order valence-corrected chi connectivity index (χ1v) is 5.44. The third kappa shape index (κ3) is 2.35. The molecule has 0 aliphatic heterocycles. The fraction of sp³-hybridized carbons (Fsp3) is 0.364. The molecule has 2 nitrogen and oxygen atoms in total. The molecule has 0 aliphatic rings. The van der Waals surface area contributed by atoms with Gasteiger partial charge < -0.3 is 5.11 Å². The summed E-state index contributed by atoms with van der Waals surface area (Å²) in [5, 5.41) is 9.46. The van der Waals surface area contributed by atoms with Gasteiger partial charge in [-0.05, 0) is 30.5 Å². The maximum absolute atomic E-state index is 11.1. The molecule has 1 unspecified atom stereocenters. The van der Waals surface area contributed by atoms with Crippen molar-refractivity contribution in [2.75, 3.05) is 0 Å².